The van der Waals surface area contributed by atoms with Gasteiger partial charge in [-0.3, -0.25) is 0 Å². The number of thioether (sulfide) groups is 1. The highest BCUT2D eigenvalue weighted by Crippen LogP contribution is 2.35. The van der Waals surface area contributed by atoms with E-state index in [-0.39, 0.29) is 0 Å². The highest BCUT2D eigenvalue weighted by molar-refractivity contribution is 8.00. The van der Waals surface area contributed by atoms with E-state index in [1.165, 1.54) is 4.90 Å². The highest BCUT2D eigenvalue weighted by Gasteiger charge is 2.14. The first kappa shape index (κ1) is 21.9. The van der Waals surface area contributed by atoms with Gasteiger partial charge < -0.3 is 20.3 Å². The van der Waals surface area contributed by atoms with Crippen LogP contribution in [0.25, 0.3) is 10.2 Å². The zero-order valence-corrected chi connectivity index (χ0v) is 20.2. The normalized spacial score (nSPS) is 14.1. The van der Waals surface area contributed by atoms with Crippen LogP contribution in [0.5, 0.6) is 0 Å². The summed E-state index contributed by atoms with van der Waals surface area (Å²) in [5.74, 6) is 2.30. The van der Waals surface area contributed by atoms with E-state index in [1.54, 1.807) is 11.3 Å². The standard InChI is InChI=1S/C24H26N6OS2/c1-16(2)33-20-6-4-3-5-18(20)27-23-22-19(9-14-32-22)28-24(29-23)26-17-7-8-21(25-15-17)30-10-12-31-13-11-30/h3-9,14-16H,10-13H2,1-2H3,(H2,26,27,28,29). The number of benzene rings is 1. The van der Waals surface area contributed by atoms with Crippen LogP contribution >= 0.6 is 23.1 Å². The summed E-state index contributed by atoms with van der Waals surface area (Å²) in [6, 6.07) is 14.4. The Morgan fingerprint density at radius 2 is 1.88 bits per heavy atom. The second-order valence-electron chi connectivity index (χ2n) is 7.95. The minimum absolute atomic E-state index is 0.491. The van der Waals surface area contributed by atoms with Gasteiger partial charge in [0.1, 0.15) is 5.82 Å². The minimum atomic E-state index is 0.491. The van der Waals surface area contributed by atoms with Gasteiger partial charge in [-0.1, -0.05) is 26.0 Å². The van der Waals surface area contributed by atoms with E-state index in [1.807, 2.05) is 47.6 Å². The van der Waals surface area contributed by atoms with Crippen molar-refractivity contribution in [3.8, 4) is 0 Å². The Labute approximate surface area is 201 Å². The zero-order valence-electron chi connectivity index (χ0n) is 18.6. The van der Waals surface area contributed by atoms with Crippen molar-refractivity contribution in [2.45, 2.75) is 24.0 Å². The molecule has 7 nitrogen and oxygen atoms in total. The molecule has 0 unspecified atom stereocenters. The predicted molar refractivity (Wildman–Crippen MR) is 139 cm³/mol. The fourth-order valence-electron chi connectivity index (χ4n) is 3.63. The van der Waals surface area contributed by atoms with Crippen molar-refractivity contribution < 1.29 is 4.74 Å². The largest absolute Gasteiger partial charge is 0.378 e. The maximum absolute atomic E-state index is 5.43. The molecule has 2 N–H and O–H groups in total. The van der Waals surface area contributed by atoms with E-state index in [4.69, 9.17) is 14.7 Å². The van der Waals surface area contributed by atoms with E-state index in [0.29, 0.717) is 11.2 Å². The molecule has 0 saturated carbocycles. The maximum atomic E-state index is 5.43. The Hall–Kier alpha value is -2.88. The third kappa shape index (κ3) is 5.21. The molecule has 1 saturated heterocycles. The number of nitrogens with zero attached hydrogens (tertiary/aromatic N) is 4. The Kier molecular flexibility index (Phi) is 6.61. The average Bonchev–Trinajstić information content (AvgIpc) is 3.30. The molecule has 4 heterocycles. The quantitative estimate of drug-likeness (QED) is 0.318. The van der Waals surface area contributed by atoms with Crippen molar-refractivity contribution in [2.75, 3.05) is 41.8 Å². The van der Waals surface area contributed by atoms with Gasteiger partial charge in [0.05, 0.1) is 41.0 Å². The second kappa shape index (κ2) is 9.94. The molecule has 5 rings (SSSR count). The molecular formula is C24H26N6OS2. The average molecular weight is 479 g/mol. The molecule has 0 amide bonds. The fourth-order valence-corrected chi connectivity index (χ4v) is 5.31. The number of ether oxygens (including phenoxy) is 1. The highest BCUT2D eigenvalue weighted by atomic mass is 32.2. The van der Waals surface area contributed by atoms with E-state index in [9.17, 15) is 0 Å². The summed E-state index contributed by atoms with van der Waals surface area (Å²) in [5, 5.41) is 9.40. The van der Waals surface area contributed by atoms with E-state index < -0.39 is 0 Å². The number of pyridine rings is 1. The smallest absolute Gasteiger partial charge is 0.229 e. The fraction of sp³-hybridized carbons (Fsp3) is 0.292. The number of nitrogens with one attached hydrogen (secondary N) is 2. The molecule has 0 spiro atoms. The molecule has 33 heavy (non-hydrogen) atoms. The summed E-state index contributed by atoms with van der Waals surface area (Å²) in [6.07, 6.45) is 1.83. The predicted octanol–water partition coefficient (Wildman–Crippen LogP) is 5.91. The van der Waals surface area contributed by atoms with Crippen LogP contribution in [0.1, 0.15) is 13.8 Å². The maximum Gasteiger partial charge on any atom is 0.229 e. The number of anilines is 5. The van der Waals surface area contributed by atoms with Gasteiger partial charge in [0.15, 0.2) is 5.82 Å². The van der Waals surface area contributed by atoms with Crippen LogP contribution in [-0.4, -0.2) is 46.5 Å². The Balaban J connectivity index is 1.39. The van der Waals surface area contributed by atoms with Gasteiger partial charge >= 0.3 is 0 Å². The lowest BCUT2D eigenvalue weighted by atomic mass is 10.3. The van der Waals surface area contributed by atoms with Gasteiger partial charge in [0.2, 0.25) is 5.95 Å². The van der Waals surface area contributed by atoms with Crippen LogP contribution in [0.15, 0.2) is 58.9 Å². The molecule has 0 atom stereocenters. The van der Waals surface area contributed by atoms with Crippen molar-refractivity contribution in [1.29, 1.82) is 0 Å². The number of para-hydroxylation sites is 1. The van der Waals surface area contributed by atoms with Crippen LogP contribution in [0.4, 0.5) is 29.0 Å². The molecule has 0 bridgehead atoms. The number of hydrogen-bond acceptors (Lipinski definition) is 9. The molecule has 1 aromatic carbocycles. The molecule has 3 aromatic heterocycles. The molecule has 4 aromatic rings. The van der Waals surface area contributed by atoms with Crippen molar-refractivity contribution in [3.05, 3.63) is 54.0 Å². The van der Waals surface area contributed by atoms with Crippen LogP contribution in [-0.2, 0) is 4.74 Å². The molecule has 1 fully saturated rings. The molecular weight excluding hydrogens is 452 g/mol. The Morgan fingerprint density at radius 1 is 1.03 bits per heavy atom. The minimum Gasteiger partial charge on any atom is -0.378 e. The van der Waals surface area contributed by atoms with Crippen molar-refractivity contribution in [1.82, 2.24) is 15.0 Å². The third-order valence-electron chi connectivity index (χ3n) is 5.15. The molecule has 9 heteroatoms. The van der Waals surface area contributed by atoms with Gasteiger partial charge in [-0.2, -0.15) is 4.98 Å². The number of morpholine rings is 1. The topological polar surface area (TPSA) is 75.2 Å². The lowest BCUT2D eigenvalue weighted by Gasteiger charge is -2.27. The van der Waals surface area contributed by atoms with Gasteiger partial charge in [0.25, 0.3) is 0 Å². The van der Waals surface area contributed by atoms with Crippen LogP contribution < -0.4 is 15.5 Å². The van der Waals surface area contributed by atoms with Gasteiger partial charge in [-0.05, 0) is 35.7 Å². The summed E-state index contributed by atoms with van der Waals surface area (Å²) in [6.45, 7) is 7.61. The number of aromatic nitrogens is 3. The summed E-state index contributed by atoms with van der Waals surface area (Å²) in [7, 11) is 0. The van der Waals surface area contributed by atoms with Crippen LogP contribution in [0.3, 0.4) is 0 Å². The third-order valence-corrected chi connectivity index (χ3v) is 7.14. The number of thiophene rings is 1. The van der Waals surface area contributed by atoms with E-state index >= 15 is 0 Å². The first-order valence-corrected chi connectivity index (χ1v) is 12.8. The van der Waals surface area contributed by atoms with Crippen molar-refractivity contribution >= 4 is 62.3 Å². The van der Waals surface area contributed by atoms with Gasteiger partial charge in [0, 0.05) is 23.2 Å². The van der Waals surface area contributed by atoms with Crippen molar-refractivity contribution in [3.63, 3.8) is 0 Å². The van der Waals surface area contributed by atoms with Crippen LogP contribution in [0, 0.1) is 0 Å². The zero-order chi connectivity index (χ0) is 22.6. The summed E-state index contributed by atoms with van der Waals surface area (Å²) < 4.78 is 6.46. The molecule has 1 aliphatic heterocycles. The molecule has 0 aliphatic carbocycles. The summed E-state index contributed by atoms with van der Waals surface area (Å²) >= 11 is 3.47. The lowest BCUT2D eigenvalue weighted by molar-refractivity contribution is 0.122. The molecule has 170 valence electrons. The Morgan fingerprint density at radius 3 is 2.67 bits per heavy atom. The summed E-state index contributed by atoms with van der Waals surface area (Å²) in [4.78, 5) is 17.6. The van der Waals surface area contributed by atoms with E-state index in [0.717, 1.165) is 59.5 Å². The first-order valence-electron chi connectivity index (χ1n) is 11.0. The second-order valence-corrected chi connectivity index (χ2v) is 10.5. The molecule has 1 aliphatic rings. The van der Waals surface area contributed by atoms with Crippen molar-refractivity contribution in [2.24, 2.45) is 0 Å². The Bertz CT molecular complexity index is 1220. The van der Waals surface area contributed by atoms with Crippen LogP contribution in [0.2, 0.25) is 0 Å². The number of fused-ring (bicyclic) bond motifs is 1. The van der Waals surface area contributed by atoms with E-state index in [2.05, 4.69) is 52.6 Å². The monoisotopic (exact) mass is 478 g/mol. The molecule has 0 radical (unpaired) electrons. The first-order chi connectivity index (χ1) is 16.2. The number of hydrogen-bond donors (Lipinski definition) is 2. The number of rotatable bonds is 7. The van der Waals surface area contributed by atoms with Gasteiger partial charge in [-0.15, -0.1) is 23.1 Å². The lowest BCUT2D eigenvalue weighted by Crippen LogP contribution is -2.36. The van der Waals surface area contributed by atoms with Gasteiger partial charge in [-0.25, -0.2) is 9.97 Å². The summed E-state index contributed by atoms with van der Waals surface area (Å²) in [5.41, 5.74) is 2.81. The SMILES string of the molecule is CC(C)Sc1ccccc1Nc1nc(Nc2ccc(N3CCOCC3)nc2)nc2ccsc12.